The van der Waals surface area contributed by atoms with Crippen molar-refractivity contribution in [3.63, 3.8) is 0 Å². The lowest BCUT2D eigenvalue weighted by atomic mass is 10.1. The Labute approximate surface area is 172 Å². The summed E-state index contributed by atoms with van der Waals surface area (Å²) in [5.74, 6) is -0.248. The van der Waals surface area contributed by atoms with E-state index < -0.39 is 5.97 Å². The molecule has 1 fully saturated rings. The average Bonchev–Trinajstić information content (AvgIpc) is 3.00. The molecular weight excluding hydrogens is 401 g/mol. The molecule has 0 unspecified atom stereocenters. The lowest BCUT2D eigenvalue weighted by Crippen LogP contribution is -2.36. The fourth-order valence-electron chi connectivity index (χ4n) is 3.51. The van der Waals surface area contributed by atoms with E-state index in [0.29, 0.717) is 35.3 Å². The van der Waals surface area contributed by atoms with E-state index >= 15 is 0 Å². The van der Waals surface area contributed by atoms with Crippen LogP contribution in [0.1, 0.15) is 21.7 Å². The Hall–Kier alpha value is -2.28. The number of hydrogen-bond donors (Lipinski definition) is 1. The van der Waals surface area contributed by atoms with Crippen molar-refractivity contribution < 1.29 is 14.6 Å². The van der Waals surface area contributed by atoms with Crippen LogP contribution in [0.2, 0.25) is 10.0 Å². The number of aromatic carboxylic acids is 1. The fourth-order valence-corrected chi connectivity index (χ4v) is 3.83. The summed E-state index contributed by atoms with van der Waals surface area (Å²) in [6, 6.07) is 9.19. The third kappa shape index (κ3) is 3.55. The summed E-state index contributed by atoms with van der Waals surface area (Å²) in [5.41, 5.74) is 3.30. The van der Waals surface area contributed by atoms with Crippen LogP contribution < -0.4 is 4.90 Å². The van der Waals surface area contributed by atoms with E-state index in [-0.39, 0.29) is 5.56 Å². The number of benzene rings is 2. The van der Waals surface area contributed by atoms with E-state index in [1.54, 1.807) is 12.1 Å². The number of rotatable bonds is 4. The highest BCUT2D eigenvalue weighted by Crippen LogP contribution is 2.29. The van der Waals surface area contributed by atoms with Gasteiger partial charge in [-0.2, -0.15) is 0 Å². The number of carbonyl (C=O) groups is 1. The first-order chi connectivity index (χ1) is 13.4. The van der Waals surface area contributed by atoms with Gasteiger partial charge >= 0.3 is 5.97 Å². The summed E-state index contributed by atoms with van der Waals surface area (Å²) in [6.45, 7) is 5.10. The maximum Gasteiger partial charge on any atom is 0.338 e. The van der Waals surface area contributed by atoms with Crippen molar-refractivity contribution in [1.29, 1.82) is 0 Å². The van der Waals surface area contributed by atoms with Crippen molar-refractivity contribution in [3.8, 4) is 0 Å². The van der Waals surface area contributed by atoms with Gasteiger partial charge in [0.25, 0.3) is 0 Å². The Morgan fingerprint density at radius 3 is 2.61 bits per heavy atom. The maximum atomic E-state index is 11.9. The number of fused-ring (bicyclic) bond motifs is 1. The van der Waals surface area contributed by atoms with Gasteiger partial charge in [-0.05, 0) is 36.8 Å². The third-order valence-electron chi connectivity index (χ3n) is 4.96. The highest BCUT2D eigenvalue weighted by Gasteiger charge is 2.20. The number of hydrogen-bond acceptors (Lipinski definition) is 4. The van der Waals surface area contributed by atoms with E-state index in [1.165, 1.54) is 0 Å². The number of imidazole rings is 1. The van der Waals surface area contributed by atoms with Gasteiger partial charge in [0.15, 0.2) is 0 Å². The lowest BCUT2D eigenvalue weighted by Gasteiger charge is -2.29. The summed E-state index contributed by atoms with van der Waals surface area (Å²) in [7, 11) is 0. The minimum absolute atomic E-state index is 0.204. The van der Waals surface area contributed by atoms with Gasteiger partial charge in [0, 0.05) is 25.3 Å². The van der Waals surface area contributed by atoms with Crippen molar-refractivity contribution >= 4 is 45.9 Å². The lowest BCUT2D eigenvalue weighted by molar-refractivity contribution is 0.0699. The molecule has 2 heterocycles. The summed E-state index contributed by atoms with van der Waals surface area (Å²) in [5, 5.41) is 10.7. The average molecular weight is 420 g/mol. The molecule has 6 nitrogen and oxygen atoms in total. The predicted octanol–water partition coefficient (Wildman–Crippen LogP) is 4.23. The number of morpholine rings is 1. The predicted molar refractivity (Wildman–Crippen MR) is 110 cm³/mol. The number of aromatic nitrogens is 2. The molecule has 0 spiro atoms. The molecular formula is C20H19Cl2N3O3. The first kappa shape index (κ1) is 19.1. The van der Waals surface area contributed by atoms with Crippen LogP contribution >= 0.6 is 23.2 Å². The number of halogens is 2. The SMILES string of the molecule is Cc1nc2c(C(=O)O)cc(N3CCOCC3)cc2n1Cc1ccc(Cl)c(Cl)c1. The largest absolute Gasteiger partial charge is 0.478 e. The van der Waals surface area contributed by atoms with Crippen LogP contribution in [0.3, 0.4) is 0 Å². The van der Waals surface area contributed by atoms with Crippen LogP contribution in [-0.2, 0) is 11.3 Å². The van der Waals surface area contributed by atoms with Gasteiger partial charge in [-0.15, -0.1) is 0 Å². The number of carboxylic acid groups (broad SMARTS) is 1. The van der Waals surface area contributed by atoms with Crippen molar-refractivity contribution in [2.75, 3.05) is 31.2 Å². The molecule has 28 heavy (non-hydrogen) atoms. The monoisotopic (exact) mass is 419 g/mol. The molecule has 4 rings (SSSR count). The second-order valence-electron chi connectivity index (χ2n) is 6.76. The number of carboxylic acids is 1. The fraction of sp³-hybridized carbons (Fsp3) is 0.300. The molecule has 0 amide bonds. The first-order valence-electron chi connectivity index (χ1n) is 8.95. The molecule has 2 aromatic carbocycles. The standard InChI is InChI=1S/C20H19Cl2N3O3/c1-12-23-19-15(20(26)27)9-14(24-4-6-28-7-5-24)10-18(19)25(12)11-13-2-3-16(21)17(22)8-13/h2-3,8-10H,4-7,11H2,1H3,(H,26,27). The Morgan fingerprint density at radius 1 is 1.18 bits per heavy atom. The van der Waals surface area contributed by atoms with E-state index in [9.17, 15) is 9.90 Å². The smallest absolute Gasteiger partial charge is 0.338 e. The number of ether oxygens (including phenoxy) is 1. The molecule has 146 valence electrons. The van der Waals surface area contributed by atoms with Crippen molar-refractivity contribution in [1.82, 2.24) is 9.55 Å². The second-order valence-corrected chi connectivity index (χ2v) is 7.57. The van der Waals surface area contributed by atoms with E-state index in [2.05, 4.69) is 9.88 Å². The zero-order valence-electron chi connectivity index (χ0n) is 15.3. The Kier molecular flexibility index (Phi) is 5.19. The van der Waals surface area contributed by atoms with Crippen LogP contribution in [0.15, 0.2) is 30.3 Å². The van der Waals surface area contributed by atoms with E-state index in [1.807, 2.05) is 29.7 Å². The molecule has 8 heteroatoms. The molecule has 0 bridgehead atoms. The van der Waals surface area contributed by atoms with Gasteiger partial charge in [0.1, 0.15) is 11.3 Å². The van der Waals surface area contributed by atoms with Crippen LogP contribution in [0, 0.1) is 6.92 Å². The van der Waals surface area contributed by atoms with Gasteiger partial charge < -0.3 is 19.3 Å². The van der Waals surface area contributed by atoms with Crippen LogP contribution in [0.5, 0.6) is 0 Å². The highest BCUT2D eigenvalue weighted by molar-refractivity contribution is 6.42. The van der Waals surface area contributed by atoms with Crippen LogP contribution in [-0.4, -0.2) is 46.9 Å². The minimum Gasteiger partial charge on any atom is -0.478 e. The third-order valence-corrected chi connectivity index (χ3v) is 5.70. The normalized spacial score (nSPS) is 14.6. The molecule has 1 aliphatic rings. The first-order valence-corrected chi connectivity index (χ1v) is 9.70. The van der Waals surface area contributed by atoms with Crippen molar-refractivity contribution in [3.05, 3.63) is 57.3 Å². The summed E-state index contributed by atoms with van der Waals surface area (Å²) in [4.78, 5) is 18.6. The van der Waals surface area contributed by atoms with Crippen molar-refractivity contribution in [2.45, 2.75) is 13.5 Å². The number of anilines is 1. The van der Waals surface area contributed by atoms with Gasteiger partial charge in [-0.3, -0.25) is 0 Å². The number of aryl methyl sites for hydroxylation is 1. The van der Waals surface area contributed by atoms with Gasteiger partial charge in [-0.1, -0.05) is 29.3 Å². The molecule has 0 aliphatic carbocycles. The molecule has 3 aromatic rings. The quantitative estimate of drug-likeness (QED) is 0.684. The second kappa shape index (κ2) is 7.62. The maximum absolute atomic E-state index is 11.9. The molecule has 1 N–H and O–H groups in total. The zero-order valence-corrected chi connectivity index (χ0v) is 16.8. The Bertz CT molecular complexity index is 1060. The van der Waals surface area contributed by atoms with E-state index in [0.717, 1.165) is 35.7 Å². The Balaban J connectivity index is 1.83. The highest BCUT2D eigenvalue weighted by atomic mass is 35.5. The van der Waals surface area contributed by atoms with Gasteiger partial charge in [0.05, 0.1) is 34.3 Å². The Morgan fingerprint density at radius 2 is 1.93 bits per heavy atom. The minimum atomic E-state index is -0.987. The molecule has 0 radical (unpaired) electrons. The summed E-state index contributed by atoms with van der Waals surface area (Å²) < 4.78 is 7.42. The molecule has 0 saturated carbocycles. The van der Waals surface area contributed by atoms with Gasteiger partial charge in [-0.25, -0.2) is 9.78 Å². The van der Waals surface area contributed by atoms with Crippen LogP contribution in [0.4, 0.5) is 5.69 Å². The summed E-state index contributed by atoms with van der Waals surface area (Å²) in [6.07, 6.45) is 0. The molecule has 1 aromatic heterocycles. The van der Waals surface area contributed by atoms with Crippen LogP contribution in [0.25, 0.3) is 11.0 Å². The molecule has 1 aliphatic heterocycles. The van der Waals surface area contributed by atoms with Gasteiger partial charge in [0.2, 0.25) is 0 Å². The van der Waals surface area contributed by atoms with E-state index in [4.69, 9.17) is 27.9 Å². The zero-order chi connectivity index (χ0) is 19.8. The topological polar surface area (TPSA) is 67.6 Å². The summed E-state index contributed by atoms with van der Waals surface area (Å²) >= 11 is 12.2. The molecule has 1 saturated heterocycles. The number of nitrogens with zero attached hydrogens (tertiary/aromatic N) is 3. The molecule has 0 atom stereocenters. The van der Waals surface area contributed by atoms with Crippen molar-refractivity contribution in [2.24, 2.45) is 0 Å².